The summed E-state index contributed by atoms with van der Waals surface area (Å²) in [5.41, 5.74) is 3.32. The summed E-state index contributed by atoms with van der Waals surface area (Å²) in [6, 6.07) is 12.4. The third kappa shape index (κ3) is 4.70. The molecule has 3 rings (SSSR count). The van der Waals surface area contributed by atoms with Crippen LogP contribution >= 0.6 is 0 Å². The molecule has 32 heavy (non-hydrogen) atoms. The van der Waals surface area contributed by atoms with Gasteiger partial charge in [-0.25, -0.2) is 0 Å². The molecule has 1 N–H and O–H groups in total. The molecule has 1 saturated heterocycles. The van der Waals surface area contributed by atoms with Crippen LogP contribution in [0.2, 0.25) is 0 Å². The number of carbonyl (C=O) groups is 2. The second-order valence-corrected chi connectivity index (χ2v) is 8.23. The first-order valence-corrected chi connectivity index (χ1v) is 10.9. The van der Waals surface area contributed by atoms with Gasteiger partial charge in [-0.3, -0.25) is 9.59 Å². The topological polar surface area (TPSA) is 76.1 Å². The van der Waals surface area contributed by atoms with Crippen molar-refractivity contribution in [3.63, 3.8) is 0 Å². The van der Waals surface area contributed by atoms with Crippen molar-refractivity contribution in [1.29, 1.82) is 0 Å². The largest absolute Gasteiger partial charge is 0.507 e. The molecule has 0 unspecified atom stereocenters. The maximum atomic E-state index is 13.0. The number of carbonyl (C=O) groups excluding carboxylic acids is 2. The summed E-state index contributed by atoms with van der Waals surface area (Å²) >= 11 is 0. The van der Waals surface area contributed by atoms with E-state index in [-0.39, 0.29) is 30.6 Å². The quantitative estimate of drug-likeness (QED) is 0.376. The van der Waals surface area contributed by atoms with Crippen LogP contribution in [0.1, 0.15) is 49.1 Å². The monoisotopic (exact) mass is 437 g/mol. The number of methoxy groups -OCH3 is 1. The Balaban J connectivity index is 2.11. The summed E-state index contributed by atoms with van der Waals surface area (Å²) in [4.78, 5) is 27.4. The molecule has 1 fully saturated rings. The Morgan fingerprint density at radius 2 is 1.81 bits per heavy atom. The van der Waals surface area contributed by atoms with Crippen molar-refractivity contribution in [2.24, 2.45) is 0 Å². The van der Waals surface area contributed by atoms with Gasteiger partial charge in [0.15, 0.2) is 0 Å². The molecular weight excluding hydrogens is 406 g/mol. The van der Waals surface area contributed by atoms with E-state index >= 15 is 0 Å². The maximum absolute atomic E-state index is 13.0. The average molecular weight is 438 g/mol. The van der Waals surface area contributed by atoms with Gasteiger partial charge in [-0.1, -0.05) is 31.2 Å². The van der Waals surface area contributed by atoms with Crippen molar-refractivity contribution >= 4 is 17.4 Å². The van der Waals surface area contributed by atoms with Crippen molar-refractivity contribution in [2.45, 2.75) is 46.3 Å². The van der Waals surface area contributed by atoms with E-state index in [0.29, 0.717) is 11.3 Å². The minimum Gasteiger partial charge on any atom is -0.507 e. The van der Waals surface area contributed by atoms with Gasteiger partial charge in [-0.2, -0.15) is 0 Å². The third-order valence-corrected chi connectivity index (χ3v) is 5.59. The Kier molecular flexibility index (Phi) is 7.36. The van der Waals surface area contributed by atoms with Crippen molar-refractivity contribution in [2.75, 3.05) is 20.3 Å². The summed E-state index contributed by atoms with van der Waals surface area (Å²) in [7, 11) is 1.55. The van der Waals surface area contributed by atoms with Crippen LogP contribution in [0.3, 0.4) is 0 Å². The summed E-state index contributed by atoms with van der Waals surface area (Å²) in [6.45, 7) is 8.37. The van der Waals surface area contributed by atoms with Gasteiger partial charge in [0.2, 0.25) is 0 Å². The zero-order valence-electron chi connectivity index (χ0n) is 19.3. The highest BCUT2D eigenvalue weighted by molar-refractivity contribution is 6.46. The van der Waals surface area contributed by atoms with Crippen LogP contribution in [0.15, 0.2) is 48.0 Å². The fourth-order valence-electron chi connectivity index (χ4n) is 3.92. The number of ketones is 1. The van der Waals surface area contributed by atoms with E-state index in [2.05, 4.69) is 6.92 Å². The van der Waals surface area contributed by atoms with E-state index in [0.717, 1.165) is 23.1 Å². The van der Waals surface area contributed by atoms with Gasteiger partial charge in [0.25, 0.3) is 11.7 Å². The molecule has 1 aliphatic rings. The average Bonchev–Trinajstić information content (AvgIpc) is 3.03. The molecular formula is C26H31NO5. The molecule has 6 heteroatoms. The molecule has 0 saturated carbocycles. The molecule has 0 bridgehead atoms. The fourth-order valence-corrected chi connectivity index (χ4v) is 3.92. The number of rotatable bonds is 8. The van der Waals surface area contributed by atoms with Crippen molar-refractivity contribution < 1.29 is 24.2 Å². The van der Waals surface area contributed by atoms with Crippen molar-refractivity contribution in [3.8, 4) is 5.75 Å². The molecule has 0 radical (unpaired) electrons. The number of Topliss-reactive ketones (excluding diaryl/α,β-unsaturated/α-hetero) is 1. The molecule has 0 spiro atoms. The third-order valence-electron chi connectivity index (χ3n) is 5.59. The fraction of sp³-hybridized carbons (Fsp3) is 0.385. The number of aryl methyl sites for hydroxylation is 2. The molecule has 1 atom stereocenters. The van der Waals surface area contributed by atoms with Gasteiger partial charge in [0.1, 0.15) is 11.5 Å². The van der Waals surface area contributed by atoms with Crippen molar-refractivity contribution in [3.05, 3.63) is 70.3 Å². The van der Waals surface area contributed by atoms with Gasteiger partial charge in [-0.05, 0) is 62.1 Å². The molecule has 1 heterocycles. The summed E-state index contributed by atoms with van der Waals surface area (Å²) in [6.07, 6.45) is 0.902. The Morgan fingerprint density at radius 1 is 1.12 bits per heavy atom. The minimum absolute atomic E-state index is 0.0188. The zero-order valence-corrected chi connectivity index (χ0v) is 19.3. The molecule has 0 aromatic heterocycles. The second-order valence-electron chi connectivity index (χ2n) is 8.23. The Labute approximate surface area is 189 Å². The number of aliphatic hydroxyl groups excluding tert-OH is 1. The maximum Gasteiger partial charge on any atom is 0.295 e. The Morgan fingerprint density at radius 3 is 2.38 bits per heavy atom. The van der Waals surface area contributed by atoms with Crippen LogP contribution in [0.25, 0.3) is 5.76 Å². The highest BCUT2D eigenvalue weighted by Gasteiger charge is 2.45. The molecule has 1 aliphatic heterocycles. The lowest BCUT2D eigenvalue weighted by Gasteiger charge is -2.25. The predicted octanol–water partition coefficient (Wildman–Crippen LogP) is 4.41. The van der Waals surface area contributed by atoms with E-state index in [1.165, 1.54) is 4.90 Å². The highest BCUT2D eigenvalue weighted by Crippen LogP contribution is 2.39. The van der Waals surface area contributed by atoms with E-state index in [9.17, 15) is 14.7 Å². The summed E-state index contributed by atoms with van der Waals surface area (Å²) in [5.74, 6) is -0.802. The normalized spacial score (nSPS) is 17.9. The molecule has 2 aromatic rings. The van der Waals surface area contributed by atoms with Crippen LogP contribution in [0.5, 0.6) is 5.75 Å². The van der Waals surface area contributed by atoms with Crippen LogP contribution in [-0.4, -0.2) is 48.1 Å². The smallest absolute Gasteiger partial charge is 0.295 e. The minimum atomic E-state index is -0.691. The Hall–Kier alpha value is -3.12. The number of ether oxygens (including phenoxy) is 2. The van der Waals surface area contributed by atoms with Crippen molar-refractivity contribution in [1.82, 2.24) is 4.90 Å². The number of hydrogen-bond donors (Lipinski definition) is 1. The number of benzene rings is 2. The first kappa shape index (κ1) is 23.5. The van der Waals surface area contributed by atoms with Crippen LogP contribution in [-0.2, 0) is 20.7 Å². The van der Waals surface area contributed by atoms with Gasteiger partial charge in [0, 0.05) is 19.2 Å². The van der Waals surface area contributed by atoms with E-state index in [4.69, 9.17) is 9.47 Å². The lowest BCUT2D eigenvalue weighted by Crippen LogP contribution is -2.32. The van der Waals surface area contributed by atoms with E-state index in [1.54, 1.807) is 25.3 Å². The van der Waals surface area contributed by atoms with Gasteiger partial charge >= 0.3 is 0 Å². The van der Waals surface area contributed by atoms with Gasteiger partial charge < -0.3 is 19.5 Å². The number of nitrogens with zero attached hydrogens (tertiary/aromatic N) is 1. The number of amides is 1. The lowest BCUT2D eigenvalue weighted by molar-refractivity contribution is -0.140. The zero-order chi connectivity index (χ0) is 23.4. The molecule has 170 valence electrons. The molecule has 1 amide bonds. The van der Waals surface area contributed by atoms with Crippen LogP contribution < -0.4 is 4.74 Å². The first-order valence-electron chi connectivity index (χ1n) is 10.9. The number of likely N-dealkylation sites (tertiary alicyclic amines) is 1. The number of aliphatic hydroxyl groups is 1. The molecule has 0 aliphatic carbocycles. The SMILES string of the molecule is CCc1ccc([C@@H]2C(=C(O)c3ccc(OC(C)C)c(C)c3)C(=O)C(=O)N2CCOC)cc1. The predicted molar refractivity (Wildman–Crippen MR) is 124 cm³/mol. The standard InChI is InChI=1S/C26H31NO5/c1-6-18-7-9-19(10-8-18)23-22(25(29)26(30)27(23)13-14-31-5)24(28)20-11-12-21(17(4)15-20)32-16(2)3/h7-12,15-16,23,28H,6,13-14H2,1-5H3/t23-/m1/s1. The van der Waals surface area contributed by atoms with E-state index < -0.39 is 17.7 Å². The second kappa shape index (κ2) is 10.0. The van der Waals surface area contributed by atoms with Crippen LogP contribution in [0, 0.1) is 6.92 Å². The van der Waals surface area contributed by atoms with Crippen LogP contribution in [0.4, 0.5) is 0 Å². The van der Waals surface area contributed by atoms with Gasteiger partial charge in [-0.15, -0.1) is 0 Å². The molecule has 6 nitrogen and oxygen atoms in total. The molecule has 2 aromatic carbocycles. The Bertz CT molecular complexity index is 1020. The lowest BCUT2D eigenvalue weighted by atomic mass is 9.94. The summed E-state index contributed by atoms with van der Waals surface area (Å²) < 4.78 is 10.9. The highest BCUT2D eigenvalue weighted by atomic mass is 16.5. The first-order chi connectivity index (χ1) is 15.3. The summed E-state index contributed by atoms with van der Waals surface area (Å²) in [5, 5.41) is 11.2. The number of hydrogen-bond acceptors (Lipinski definition) is 5. The van der Waals surface area contributed by atoms with Gasteiger partial charge in [0.05, 0.1) is 24.3 Å². The van der Waals surface area contributed by atoms with E-state index in [1.807, 2.05) is 45.0 Å².